The highest BCUT2D eigenvalue weighted by molar-refractivity contribution is 6.50. The summed E-state index contributed by atoms with van der Waals surface area (Å²) >= 11 is 18.2. The Labute approximate surface area is 193 Å². The minimum Gasteiger partial charge on any atom is -0.364 e. The van der Waals surface area contributed by atoms with Crippen molar-refractivity contribution in [3.8, 4) is 0 Å². The molecule has 1 aromatic heterocycles. The van der Waals surface area contributed by atoms with E-state index in [9.17, 15) is 14.4 Å². The van der Waals surface area contributed by atoms with Crippen LogP contribution in [0.2, 0.25) is 5.02 Å². The Hall–Kier alpha value is -1.83. The van der Waals surface area contributed by atoms with Crippen molar-refractivity contribution in [2.75, 3.05) is 0 Å². The lowest BCUT2D eigenvalue weighted by molar-refractivity contribution is -0.139. The summed E-state index contributed by atoms with van der Waals surface area (Å²) in [5, 5.41) is 5.26. The minimum absolute atomic E-state index is 0.0581. The highest BCUT2D eigenvalue weighted by Gasteiger charge is 2.56. The lowest BCUT2D eigenvalue weighted by Crippen LogP contribution is -2.44. The topological polar surface area (TPSA) is 98.3 Å². The molecule has 10 heteroatoms. The van der Waals surface area contributed by atoms with Gasteiger partial charge in [0, 0.05) is 22.9 Å². The third-order valence-electron chi connectivity index (χ3n) is 6.69. The van der Waals surface area contributed by atoms with Crippen molar-refractivity contribution in [2.45, 2.75) is 55.1 Å². The predicted octanol–water partition coefficient (Wildman–Crippen LogP) is 3.32. The predicted molar refractivity (Wildman–Crippen MR) is 117 cm³/mol. The summed E-state index contributed by atoms with van der Waals surface area (Å²) in [6.45, 7) is -0.0911. The lowest BCUT2D eigenvalue weighted by atomic mass is 10.0. The molecule has 164 valence electrons. The smallest absolute Gasteiger partial charge is 0.269 e. The fraction of sp³-hybridized carbons (Fsp3) is 0.524. The number of likely N-dealkylation sites (tertiary alicyclic amines) is 1. The van der Waals surface area contributed by atoms with E-state index in [1.54, 1.807) is 23.1 Å². The highest BCUT2D eigenvalue weighted by Crippen LogP contribution is 2.55. The number of nitrogens with two attached hydrogens (primary N) is 1. The molecule has 1 aliphatic heterocycles. The summed E-state index contributed by atoms with van der Waals surface area (Å²) < 4.78 is 0.745. The van der Waals surface area contributed by atoms with E-state index in [1.807, 2.05) is 0 Å². The average Bonchev–Trinajstić information content (AvgIpc) is 3.50. The van der Waals surface area contributed by atoms with Gasteiger partial charge in [0.1, 0.15) is 10.9 Å². The summed E-state index contributed by atoms with van der Waals surface area (Å²) in [7, 11) is 0. The summed E-state index contributed by atoms with van der Waals surface area (Å²) in [5.41, 5.74) is 6.09. The molecule has 3 aliphatic rings. The summed E-state index contributed by atoms with van der Waals surface area (Å²) in [4.78, 5) is 39.6. The van der Waals surface area contributed by atoms with E-state index >= 15 is 0 Å². The quantitative estimate of drug-likeness (QED) is 0.611. The Morgan fingerprint density at radius 1 is 1.23 bits per heavy atom. The number of rotatable bonds is 7. The molecule has 4 atom stereocenters. The zero-order valence-electron chi connectivity index (χ0n) is 16.6. The van der Waals surface area contributed by atoms with Crippen LogP contribution in [0.15, 0.2) is 18.2 Å². The second-order valence-corrected chi connectivity index (χ2v) is 10.8. The molecule has 0 spiro atoms. The third kappa shape index (κ3) is 3.81. The Morgan fingerprint density at radius 3 is 2.65 bits per heavy atom. The first kappa shape index (κ1) is 21.0. The molecule has 2 saturated carbocycles. The van der Waals surface area contributed by atoms with Gasteiger partial charge >= 0.3 is 0 Å². The Balaban J connectivity index is 1.34. The summed E-state index contributed by atoms with van der Waals surface area (Å²) in [6, 6.07) is 4.64. The second-order valence-electron chi connectivity index (χ2n) is 8.81. The van der Waals surface area contributed by atoms with E-state index in [0.717, 1.165) is 6.42 Å². The second kappa shape index (κ2) is 7.36. The number of aromatic nitrogens is 2. The first-order valence-corrected chi connectivity index (χ1v) is 11.5. The number of halogens is 3. The Bertz CT molecular complexity index is 1110. The van der Waals surface area contributed by atoms with Gasteiger partial charge in [0.2, 0.25) is 5.91 Å². The Morgan fingerprint density at radius 2 is 1.97 bits per heavy atom. The number of carbonyl (C=O) groups is 3. The number of nitrogens with zero attached hydrogens (tertiary/aromatic N) is 3. The van der Waals surface area contributed by atoms with Gasteiger partial charge in [0.15, 0.2) is 11.5 Å². The van der Waals surface area contributed by atoms with Crippen molar-refractivity contribution in [3.63, 3.8) is 0 Å². The van der Waals surface area contributed by atoms with E-state index in [0.29, 0.717) is 47.5 Å². The van der Waals surface area contributed by atoms with Crippen molar-refractivity contribution in [1.29, 1.82) is 0 Å². The molecular formula is C21H21Cl3N4O3. The van der Waals surface area contributed by atoms with Gasteiger partial charge in [0.05, 0.1) is 11.6 Å². The molecule has 5 rings (SSSR count). The van der Waals surface area contributed by atoms with E-state index in [2.05, 4.69) is 5.10 Å². The van der Waals surface area contributed by atoms with Gasteiger partial charge in [0.25, 0.3) is 5.91 Å². The van der Waals surface area contributed by atoms with Crippen LogP contribution in [0.25, 0.3) is 10.9 Å². The molecular weight excluding hydrogens is 463 g/mol. The summed E-state index contributed by atoms with van der Waals surface area (Å²) in [5.74, 6) is -0.289. The van der Waals surface area contributed by atoms with Crippen LogP contribution in [0.1, 0.15) is 42.6 Å². The number of carbonyl (C=O) groups excluding carboxylic acids is 3. The number of hydrogen-bond acceptors (Lipinski definition) is 4. The largest absolute Gasteiger partial charge is 0.364 e. The van der Waals surface area contributed by atoms with Gasteiger partial charge in [-0.1, -0.05) is 11.6 Å². The molecule has 2 aliphatic carbocycles. The minimum atomic E-state index is -0.700. The number of primary amides is 1. The van der Waals surface area contributed by atoms with Crippen LogP contribution in [0.4, 0.5) is 0 Å². The molecule has 1 aromatic carbocycles. The van der Waals surface area contributed by atoms with E-state index in [-0.39, 0.29) is 35.9 Å². The number of alkyl halides is 2. The maximum atomic E-state index is 13.2. The van der Waals surface area contributed by atoms with E-state index in [1.165, 1.54) is 4.68 Å². The molecule has 2 aromatic rings. The number of ketones is 1. The monoisotopic (exact) mass is 482 g/mol. The molecule has 0 bridgehead atoms. The number of amides is 2. The normalized spacial score (nSPS) is 27.9. The van der Waals surface area contributed by atoms with Gasteiger partial charge in [-0.05, 0) is 55.7 Å². The fourth-order valence-corrected chi connectivity index (χ4v) is 5.58. The molecule has 31 heavy (non-hydrogen) atoms. The van der Waals surface area contributed by atoms with Gasteiger partial charge in [-0.25, -0.2) is 0 Å². The number of hydrogen-bond donors (Lipinski definition) is 1. The van der Waals surface area contributed by atoms with Gasteiger partial charge in [-0.15, -0.1) is 23.2 Å². The first-order chi connectivity index (χ1) is 14.7. The van der Waals surface area contributed by atoms with E-state index in [4.69, 9.17) is 40.5 Å². The highest BCUT2D eigenvalue weighted by atomic mass is 35.5. The molecule has 2 N–H and O–H groups in total. The van der Waals surface area contributed by atoms with Crippen LogP contribution in [0.3, 0.4) is 0 Å². The molecule has 0 unspecified atom stereocenters. The maximum Gasteiger partial charge on any atom is 0.269 e. The Kier molecular flexibility index (Phi) is 4.99. The maximum absolute atomic E-state index is 13.2. The molecule has 2 amide bonds. The SMILES string of the molecule is NC(=O)c1nn(CC(=O)N2[C@@H]3C[C@@H]3C[C@H]2C(=O)CC[C@H]2CC2(Cl)Cl)c2cc(Cl)ccc12. The standard InChI is InChI=1S/C21H21Cl3N4O3/c22-12-2-3-13-15(7-12)27(26-19(13)20(25)31)9-18(30)28-14-5-10(14)6-16(28)17(29)4-1-11-8-21(11,23)24/h2-3,7,10-11,14,16H,1,4-6,8-9H2,(H2,25,31)/t10-,11+,14-,16+/m1/s1. The summed E-state index contributed by atoms with van der Waals surface area (Å²) in [6.07, 6.45) is 3.34. The van der Waals surface area contributed by atoms with Crippen LogP contribution in [-0.4, -0.2) is 48.7 Å². The fourth-order valence-electron chi connectivity index (χ4n) is 4.83. The molecule has 0 radical (unpaired) electrons. The van der Waals surface area contributed by atoms with E-state index < -0.39 is 16.3 Å². The average molecular weight is 484 g/mol. The van der Waals surface area contributed by atoms with Crippen LogP contribution in [0, 0.1) is 11.8 Å². The van der Waals surface area contributed by atoms with Gasteiger partial charge in [-0.2, -0.15) is 5.10 Å². The number of benzene rings is 1. The van der Waals surface area contributed by atoms with Crippen LogP contribution in [0.5, 0.6) is 0 Å². The van der Waals surface area contributed by atoms with Gasteiger partial charge in [-0.3, -0.25) is 19.1 Å². The van der Waals surface area contributed by atoms with Crippen molar-refractivity contribution in [2.24, 2.45) is 17.6 Å². The van der Waals surface area contributed by atoms with Crippen LogP contribution >= 0.6 is 34.8 Å². The zero-order valence-corrected chi connectivity index (χ0v) is 18.8. The lowest BCUT2D eigenvalue weighted by Gasteiger charge is -2.27. The first-order valence-electron chi connectivity index (χ1n) is 10.3. The molecule has 3 fully saturated rings. The van der Waals surface area contributed by atoms with Crippen molar-refractivity contribution >= 4 is 63.3 Å². The zero-order chi connectivity index (χ0) is 22.1. The van der Waals surface area contributed by atoms with Crippen molar-refractivity contribution < 1.29 is 14.4 Å². The van der Waals surface area contributed by atoms with Gasteiger partial charge < -0.3 is 10.6 Å². The molecule has 2 heterocycles. The van der Waals surface area contributed by atoms with Crippen molar-refractivity contribution in [1.82, 2.24) is 14.7 Å². The number of Topliss-reactive ketones (excluding diaryl/α,β-unsaturated/α-hetero) is 1. The van der Waals surface area contributed by atoms with Crippen LogP contribution < -0.4 is 5.73 Å². The number of piperidine rings is 1. The van der Waals surface area contributed by atoms with Crippen molar-refractivity contribution in [3.05, 3.63) is 28.9 Å². The molecule has 1 saturated heterocycles. The third-order valence-corrected chi connectivity index (χ3v) is 7.85. The van der Waals surface area contributed by atoms with Crippen LogP contribution in [-0.2, 0) is 16.1 Å². The number of fused-ring (bicyclic) bond motifs is 2. The molecule has 7 nitrogen and oxygen atoms in total.